The summed E-state index contributed by atoms with van der Waals surface area (Å²) in [6, 6.07) is 10.5. The highest BCUT2D eigenvalue weighted by molar-refractivity contribution is 6.01. The van der Waals surface area contributed by atoms with Gasteiger partial charge in [0.05, 0.1) is 40.2 Å². The van der Waals surface area contributed by atoms with Gasteiger partial charge in [-0.1, -0.05) is 0 Å². The zero-order valence-corrected chi connectivity index (χ0v) is 16.0. The molecule has 1 heterocycles. The van der Waals surface area contributed by atoms with Crippen molar-refractivity contribution in [1.29, 1.82) is 0 Å². The first-order valence-corrected chi connectivity index (χ1v) is 8.40. The average molecular weight is 383 g/mol. The second-order valence-corrected chi connectivity index (χ2v) is 5.75. The van der Waals surface area contributed by atoms with Crippen molar-refractivity contribution in [3.8, 4) is 23.0 Å². The van der Waals surface area contributed by atoms with E-state index in [4.69, 9.17) is 18.9 Å². The summed E-state index contributed by atoms with van der Waals surface area (Å²) in [5.74, 6) is 2.11. The summed E-state index contributed by atoms with van der Waals surface area (Å²) >= 11 is 0. The van der Waals surface area contributed by atoms with Gasteiger partial charge in [0.1, 0.15) is 28.7 Å². The van der Waals surface area contributed by atoms with Crippen LogP contribution in [0, 0.1) is 0 Å². The number of hydrogen-bond donors (Lipinski definition) is 2. The summed E-state index contributed by atoms with van der Waals surface area (Å²) in [6.45, 7) is 0. The Morgan fingerprint density at radius 3 is 2.29 bits per heavy atom. The van der Waals surface area contributed by atoms with Gasteiger partial charge in [-0.2, -0.15) is 5.10 Å². The lowest BCUT2D eigenvalue weighted by atomic mass is 10.2. The van der Waals surface area contributed by atoms with Gasteiger partial charge in [-0.25, -0.2) is 5.43 Å². The summed E-state index contributed by atoms with van der Waals surface area (Å²) in [5, 5.41) is 4.76. The van der Waals surface area contributed by atoms with Crippen LogP contribution in [0.15, 0.2) is 41.5 Å². The van der Waals surface area contributed by atoms with Crippen molar-refractivity contribution < 1.29 is 23.7 Å². The van der Waals surface area contributed by atoms with Crippen molar-refractivity contribution in [3.05, 3.63) is 47.7 Å². The molecule has 2 N–H and O–H groups in total. The van der Waals surface area contributed by atoms with Crippen molar-refractivity contribution >= 4 is 23.0 Å². The number of hydrazone groups is 1. The van der Waals surface area contributed by atoms with E-state index < -0.39 is 5.91 Å². The minimum atomic E-state index is -0.404. The predicted molar refractivity (Wildman–Crippen MR) is 106 cm³/mol. The van der Waals surface area contributed by atoms with Crippen molar-refractivity contribution in [3.63, 3.8) is 0 Å². The molecule has 0 bridgehead atoms. The second kappa shape index (κ2) is 8.34. The minimum absolute atomic E-state index is 0.326. The van der Waals surface area contributed by atoms with Gasteiger partial charge < -0.3 is 23.9 Å². The van der Waals surface area contributed by atoms with Gasteiger partial charge >= 0.3 is 0 Å². The molecule has 8 nitrogen and oxygen atoms in total. The summed E-state index contributed by atoms with van der Waals surface area (Å²) in [7, 11) is 6.26. The number of benzene rings is 2. The number of fused-ring (bicyclic) bond motifs is 1. The standard InChI is InChI=1S/C20H21N3O5/c1-25-13-5-6-16(26-2)12(9-13)11-21-23-20(24)15-10-14-17(27-3)7-8-18(28-4)19(14)22-15/h5-11,22H,1-4H3,(H,23,24). The molecule has 0 saturated carbocycles. The molecule has 0 aliphatic heterocycles. The molecule has 0 unspecified atom stereocenters. The second-order valence-electron chi connectivity index (χ2n) is 5.75. The monoisotopic (exact) mass is 383 g/mol. The molecular weight excluding hydrogens is 362 g/mol. The quantitative estimate of drug-likeness (QED) is 0.483. The number of ether oxygens (including phenoxy) is 4. The van der Waals surface area contributed by atoms with Crippen LogP contribution in [0.3, 0.4) is 0 Å². The first kappa shape index (κ1) is 19.1. The Morgan fingerprint density at radius 1 is 0.929 bits per heavy atom. The van der Waals surface area contributed by atoms with Gasteiger partial charge in [0, 0.05) is 10.9 Å². The fraction of sp³-hybridized carbons (Fsp3) is 0.200. The number of rotatable bonds is 7. The third-order valence-corrected chi connectivity index (χ3v) is 4.21. The van der Waals surface area contributed by atoms with Crippen molar-refractivity contribution in [1.82, 2.24) is 10.4 Å². The maximum absolute atomic E-state index is 12.5. The van der Waals surface area contributed by atoms with E-state index in [9.17, 15) is 4.79 Å². The fourth-order valence-electron chi connectivity index (χ4n) is 2.80. The van der Waals surface area contributed by atoms with E-state index in [1.54, 1.807) is 64.8 Å². The summed E-state index contributed by atoms with van der Waals surface area (Å²) in [4.78, 5) is 15.5. The van der Waals surface area contributed by atoms with E-state index in [1.165, 1.54) is 6.21 Å². The maximum Gasteiger partial charge on any atom is 0.287 e. The molecule has 0 saturated heterocycles. The van der Waals surface area contributed by atoms with E-state index in [-0.39, 0.29) is 0 Å². The molecule has 146 valence electrons. The van der Waals surface area contributed by atoms with Crippen LogP contribution >= 0.6 is 0 Å². The van der Waals surface area contributed by atoms with E-state index in [0.717, 1.165) is 5.39 Å². The lowest BCUT2D eigenvalue weighted by Crippen LogP contribution is -2.17. The first-order chi connectivity index (χ1) is 13.6. The molecule has 3 aromatic rings. The number of nitrogens with zero attached hydrogens (tertiary/aromatic N) is 1. The van der Waals surface area contributed by atoms with Crippen LogP contribution in [0.25, 0.3) is 10.9 Å². The number of nitrogens with one attached hydrogen (secondary N) is 2. The SMILES string of the molecule is COc1ccc(OC)c(C=NNC(=O)c2cc3c(OC)ccc(OC)c3[nH]2)c1. The Morgan fingerprint density at radius 2 is 1.61 bits per heavy atom. The van der Waals surface area contributed by atoms with E-state index in [2.05, 4.69) is 15.5 Å². The minimum Gasteiger partial charge on any atom is -0.497 e. The average Bonchev–Trinajstić information content (AvgIpc) is 3.18. The van der Waals surface area contributed by atoms with Gasteiger partial charge in [0.25, 0.3) is 5.91 Å². The molecule has 0 spiro atoms. The predicted octanol–water partition coefficient (Wildman–Crippen LogP) is 2.97. The molecule has 2 aromatic carbocycles. The highest BCUT2D eigenvalue weighted by Crippen LogP contribution is 2.33. The lowest BCUT2D eigenvalue weighted by Gasteiger charge is -2.06. The third-order valence-electron chi connectivity index (χ3n) is 4.21. The number of carbonyl (C=O) groups is 1. The van der Waals surface area contributed by atoms with Gasteiger partial charge in [-0.15, -0.1) is 0 Å². The number of carbonyl (C=O) groups excluding carboxylic acids is 1. The Balaban J connectivity index is 1.83. The summed E-state index contributed by atoms with van der Waals surface area (Å²) in [5.41, 5.74) is 4.16. The van der Waals surface area contributed by atoms with Gasteiger partial charge in [0.2, 0.25) is 0 Å². The van der Waals surface area contributed by atoms with E-state index in [0.29, 0.717) is 39.8 Å². The number of H-pyrrole nitrogens is 1. The molecule has 0 atom stereocenters. The molecule has 0 radical (unpaired) electrons. The van der Waals surface area contributed by atoms with Crippen LogP contribution in [0.4, 0.5) is 0 Å². The third kappa shape index (κ3) is 3.71. The van der Waals surface area contributed by atoms with Gasteiger partial charge in [-0.05, 0) is 36.4 Å². The van der Waals surface area contributed by atoms with Crippen LogP contribution in [0.5, 0.6) is 23.0 Å². The highest BCUT2D eigenvalue weighted by Gasteiger charge is 2.15. The normalized spacial score (nSPS) is 10.9. The zero-order chi connectivity index (χ0) is 20.1. The molecule has 3 rings (SSSR count). The summed E-state index contributed by atoms with van der Waals surface area (Å²) < 4.78 is 21.2. The number of aromatic nitrogens is 1. The molecule has 1 aromatic heterocycles. The van der Waals surface area contributed by atoms with Crippen molar-refractivity contribution in [2.45, 2.75) is 0 Å². The first-order valence-electron chi connectivity index (χ1n) is 8.40. The number of hydrogen-bond acceptors (Lipinski definition) is 6. The maximum atomic E-state index is 12.5. The van der Waals surface area contributed by atoms with Gasteiger partial charge in [0.15, 0.2) is 0 Å². The van der Waals surface area contributed by atoms with Crippen LogP contribution in [0.1, 0.15) is 16.1 Å². The molecule has 0 aliphatic carbocycles. The van der Waals surface area contributed by atoms with E-state index in [1.807, 2.05) is 0 Å². The van der Waals surface area contributed by atoms with Gasteiger partial charge in [-0.3, -0.25) is 4.79 Å². The van der Waals surface area contributed by atoms with Crippen LogP contribution in [-0.2, 0) is 0 Å². The zero-order valence-electron chi connectivity index (χ0n) is 16.0. The van der Waals surface area contributed by atoms with E-state index >= 15 is 0 Å². The molecule has 28 heavy (non-hydrogen) atoms. The van der Waals surface area contributed by atoms with Crippen LogP contribution in [-0.4, -0.2) is 45.5 Å². The Hall–Kier alpha value is -3.68. The molecule has 1 amide bonds. The smallest absolute Gasteiger partial charge is 0.287 e. The fourth-order valence-corrected chi connectivity index (χ4v) is 2.80. The molecule has 0 fully saturated rings. The topological polar surface area (TPSA) is 94.2 Å². The number of amides is 1. The highest BCUT2D eigenvalue weighted by atomic mass is 16.5. The molecular formula is C20H21N3O5. The molecule has 8 heteroatoms. The lowest BCUT2D eigenvalue weighted by molar-refractivity contribution is 0.0951. The molecule has 0 aliphatic rings. The Bertz CT molecular complexity index is 985. The largest absolute Gasteiger partial charge is 0.497 e. The van der Waals surface area contributed by atoms with Crippen molar-refractivity contribution in [2.24, 2.45) is 5.10 Å². The number of methoxy groups -OCH3 is 4. The van der Waals surface area contributed by atoms with Crippen LogP contribution < -0.4 is 24.4 Å². The summed E-state index contributed by atoms with van der Waals surface area (Å²) in [6.07, 6.45) is 1.49. The van der Waals surface area contributed by atoms with Crippen molar-refractivity contribution in [2.75, 3.05) is 28.4 Å². The number of aromatic amines is 1. The Labute approximate surface area is 162 Å². The van der Waals surface area contributed by atoms with Crippen LogP contribution in [0.2, 0.25) is 0 Å². The Kier molecular flexibility index (Phi) is 5.69.